The van der Waals surface area contributed by atoms with Gasteiger partial charge in [0.1, 0.15) is 5.75 Å². The van der Waals surface area contributed by atoms with Gasteiger partial charge in [0.25, 0.3) is 0 Å². The Morgan fingerprint density at radius 2 is 1.45 bits per heavy atom. The van der Waals surface area contributed by atoms with E-state index >= 15 is 0 Å². The third-order valence-electron chi connectivity index (χ3n) is 2.90. The van der Waals surface area contributed by atoms with E-state index in [0.717, 1.165) is 0 Å². The molecule has 0 bridgehead atoms. The molecule has 0 aliphatic rings. The van der Waals surface area contributed by atoms with Crippen LogP contribution in [0, 0.1) is 0 Å². The second kappa shape index (κ2) is 6.21. The third kappa shape index (κ3) is 2.65. The van der Waals surface area contributed by atoms with Crippen LogP contribution in [0.15, 0.2) is 60.7 Å². The lowest BCUT2D eigenvalue weighted by Crippen LogP contribution is -2.44. The molecule has 0 heterocycles. The van der Waals surface area contributed by atoms with Crippen molar-refractivity contribution < 1.29 is 19.0 Å². The summed E-state index contributed by atoms with van der Waals surface area (Å²) in [6.07, 6.45) is 0. The summed E-state index contributed by atoms with van der Waals surface area (Å²) < 4.78 is 16.0. The molecule has 0 amide bonds. The highest BCUT2D eigenvalue weighted by Crippen LogP contribution is 2.30. The molecule has 1 atom stereocenters. The topological polar surface area (TPSA) is 44.8 Å². The molecular formula is C16H16O4. The highest BCUT2D eigenvalue weighted by molar-refractivity contribution is 5.80. The minimum atomic E-state index is -1.61. The summed E-state index contributed by atoms with van der Waals surface area (Å²) in [6.45, 7) is 0. The van der Waals surface area contributed by atoms with Crippen LogP contribution in [0.2, 0.25) is 0 Å². The van der Waals surface area contributed by atoms with Crippen LogP contribution in [0.3, 0.4) is 0 Å². The summed E-state index contributed by atoms with van der Waals surface area (Å²) in [4.78, 5) is 12.2. The van der Waals surface area contributed by atoms with Crippen molar-refractivity contribution in [2.24, 2.45) is 0 Å². The molecule has 2 rings (SSSR count). The van der Waals surface area contributed by atoms with Crippen molar-refractivity contribution in [1.82, 2.24) is 0 Å². The van der Waals surface area contributed by atoms with Gasteiger partial charge in [0.2, 0.25) is 0 Å². The molecule has 0 saturated carbocycles. The van der Waals surface area contributed by atoms with Crippen molar-refractivity contribution in [1.29, 1.82) is 0 Å². The minimum Gasteiger partial charge on any atom is -0.464 e. The maximum Gasteiger partial charge on any atom is 0.384 e. The molecule has 0 saturated heterocycles. The van der Waals surface area contributed by atoms with E-state index in [4.69, 9.17) is 14.2 Å². The van der Waals surface area contributed by atoms with E-state index < -0.39 is 11.8 Å². The average molecular weight is 272 g/mol. The zero-order valence-corrected chi connectivity index (χ0v) is 11.4. The SMILES string of the molecule is COC(=O)C(OC)(Oc1ccccc1)c1ccccc1. The smallest absolute Gasteiger partial charge is 0.384 e. The summed E-state index contributed by atoms with van der Waals surface area (Å²) in [5.41, 5.74) is 0.568. The Kier molecular flexibility index (Phi) is 4.38. The molecule has 4 heteroatoms. The first-order valence-electron chi connectivity index (χ1n) is 6.16. The summed E-state index contributed by atoms with van der Waals surface area (Å²) in [7, 11) is 2.71. The van der Waals surface area contributed by atoms with Gasteiger partial charge in [-0.1, -0.05) is 48.5 Å². The van der Waals surface area contributed by atoms with Gasteiger partial charge in [-0.25, -0.2) is 4.79 Å². The average Bonchev–Trinajstić information content (AvgIpc) is 2.53. The van der Waals surface area contributed by atoms with E-state index in [-0.39, 0.29) is 0 Å². The Morgan fingerprint density at radius 3 is 1.95 bits per heavy atom. The second-order valence-electron chi connectivity index (χ2n) is 4.09. The van der Waals surface area contributed by atoms with Gasteiger partial charge in [0.05, 0.1) is 7.11 Å². The number of hydrogen-bond donors (Lipinski definition) is 0. The fourth-order valence-electron chi connectivity index (χ4n) is 1.91. The lowest BCUT2D eigenvalue weighted by atomic mass is 10.1. The van der Waals surface area contributed by atoms with Crippen molar-refractivity contribution in [3.05, 3.63) is 66.2 Å². The van der Waals surface area contributed by atoms with Crippen LogP contribution >= 0.6 is 0 Å². The lowest BCUT2D eigenvalue weighted by Gasteiger charge is -2.30. The molecule has 1 unspecified atom stereocenters. The number of hydrogen-bond acceptors (Lipinski definition) is 4. The lowest BCUT2D eigenvalue weighted by molar-refractivity contribution is -0.211. The molecule has 0 aliphatic carbocycles. The van der Waals surface area contributed by atoms with Crippen LogP contribution in [-0.2, 0) is 20.1 Å². The van der Waals surface area contributed by atoms with Crippen LogP contribution in [0.1, 0.15) is 5.56 Å². The zero-order chi connectivity index (χ0) is 14.4. The van der Waals surface area contributed by atoms with Crippen molar-refractivity contribution >= 4 is 5.97 Å². The van der Waals surface area contributed by atoms with Crippen LogP contribution in [-0.4, -0.2) is 20.2 Å². The summed E-state index contributed by atoms with van der Waals surface area (Å²) in [5.74, 6) is -1.71. The monoisotopic (exact) mass is 272 g/mol. The molecule has 4 nitrogen and oxygen atoms in total. The van der Waals surface area contributed by atoms with E-state index in [1.165, 1.54) is 14.2 Å². The van der Waals surface area contributed by atoms with E-state index in [1.54, 1.807) is 36.4 Å². The highest BCUT2D eigenvalue weighted by Gasteiger charge is 2.45. The maximum atomic E-state index is 12.2. The van der Waals surface area contributed by atoms with Gasteiger partial charge in [-0.15, -0.1) is 0 Å². The summed E-state index contributed by atoms with van der Waals surface area (Å²) in [6, 6.07) is 18.0. The van der Waals surface area contributed by atoms with Gasteiger partial charge in [0.15, 0.2) is 0 Å². The fourth-order valence-corrected chi connectivity index (χ4v) is 1.91. The Morgan fingerprint density at radius 1 is 0.900 bits per heavy atom. The number of carbonyl (C=O) groups excluding carboxylic acids is 1. The van der Waals surface area contributed by atoms with Crippen molar-refractivity contribution in [3.8, 4) is 5.75 Å². The summed E-state index contributed by atoms with van der Waals surface area (Å²) in [5, 5.41) is 0. The molecule has 20 heavy (non-hydrogen) atoms. The van der Waals surface area contributed by atoms with E-state index in [9.17, 15) is 4.79 Å². The molecule has 2 aromatic carbocycles. The number of para-hydroxylation sites is 1. The van der Waals surface area contributed by atoms with Crippen LogP contribution in [0.4, 0.5) is 0 Å². The van der Waals surface area contributed by atoms with Crippen molar-refractivity contribution in [2.75, 3.05) is 14.2 Å². The predicted molar refractivity (Wildman–Crippen MR) is 74.2 cm³/mol. The Balaban J connectivity index is 2.46. The predicted octanol–water partition coefficient (Wildman–Crippen LogP) is 2.74. The van der Waals surface area contributed by atoms with Gasteiger partial charge < -0.3 is 14.2 Å². The number of rotatable bonds is 5. The Hall–Kier alpha value is -2.33. The molecule has 0 radical (unpaired) electrons. The first-order valence-corrected chi connectivity index (χ1v) is 6.16. The zero-order valence-electron chi connectivity index (χ0n) is 11.4. The van der Waals surface area contributed by atoms with Gasteiger partial charge in [-0.05, 0) is 12.1 Å². The quantitative estimate of drug-likeness (QED) is 0.620. The third-order valence-corrected chi connectivity index (χ3v) is 2.90. The van der Waals surface area contributed by atoms with Crippen LogP contribution in [0.25, 0.3) is 0 Å². The van der Waals surface area contributed by atoms with Gasteiger partial charge in [-0.2, -0.15) is 0 Å². The molecule has 0 aliphatic heterocycles. The van der Waals surface area contributed by atoms with Crippen LogP contribution in [0.5, 0.6) is 5.75 Å². The number of methoxy groups -OCH3 is 2. The van der Waals surface area contributed by atoms with Gasteiger partial charge in [0, 0.05) is 12.7 Å². The summed E-state index contributed by atoms with van der Waals surface area (Å²) >= 11 is 0. The van der Waals surface area contributed by atoms with Gasteiger partial charge in [-0.3, -0.25) is 0 Å². The Labute approximate surface area is 117 Å². The molecule has 2 aromatic rings. The fraction of sp³-hybridized carbons (Fsp3) is 0.188. The largest absolute Gasteiger partial charge is 0.464 e. The molecular weight excluding hydrogens is 256 g/mol. The molecule has 0 spiro atoms. The molecule has 0 aromatic heterocycles. The Bertz CT molecular complexity index is 553. The highest BCUT2D eigenvalue weighted by atomic mass is 16.7. The van der Waals surface area contributed by atoms with E-state index in [0.29, 0.717) is 11.3 Å². The number of esters is 1. The van der Waals surface area contributed by atoms with Gasteiger partial charge >= 0.3 is 11.8 Å². The van der Waals surface area contributed by atoms with E-state index in [2.05, 4.69) is 0 Å². The van der Waals surface area contributed by atoms with Crippen molar-refractivity contribution in [2.45, 2.75) is 5.79 Å². The number of ether oxygens (including phenoxy) is 3. The number of benzene rings is 2. The number of carbonyl (C=O) groups is 1. The molecule has 104 valence electrons. The normalized spacial score (nSPS) is 13.3. The first kappa shape index (κ1) is 14.1. The first-order chi connectivity index (χ1) is 9.73. The van der Waals surface area contributed by atoms with Crippen molar-refractivity contribution in [3.63, 3.8) is 0 Å². The maximum absolute atomic E-state index is 12.2. The molecule has 0 N–H and O–H groups in total. The standard InChI is InChI=1S/C16H16O4/c1-18-15(17)16(19-2,13-9-5-3-6-10-13)20-14-11-7-4-8-12-14/h3-12H,1-2H3. The second-order valence-corrected chi connectivity index (χ2v) is 4.09. The van der Waals surface area contributed by atoms with Crippen LogP contribution < -0.4 is 4.74 Å². The van der Waals surface area contributed by atoms with E-state index in [1.807, 2.05) is 24.3 Å². The molecule has 0 fully saturated rings. The minimum absolute atomic E-state index is 0.517.